The molecule has 6 heteroatoms. The monoisotopic (exact) mass is 242 g/mol. The molecule has 0 spiro atoms. The molecule has 18 heavy (non-hydrogen) atoms. The largest absolute Gasteiger partial charge is 0.506 e. The Labute approximate surface area is 102 Å². The number of aromatic nitrogens is 4. The topological polar surface area (TPSA) is 91.8 Å². The van der Waals surface area contributed by atoms with Crippen molar-refractivity contribution in [3.63, 3.8) is 0 Å². The molecule has 0 aliphatic carbocycles. The molecule has 0 saturated carbocycles. The van der Waals surface area contributed by atoms with Gasteiger partial charge in [-0.3, -0.25) is 9.78 Å². The minimum absolute atomic E-state index is 0.0602. The Morgan fingerprint density at radius 1 is 1.06 bits per heavy atom. The van der Waals surface area contributed by atoms with Gasteiger partial charge in [0, 0.05) is 6.20 Å². The number of hydrogen-bond donors (Lipinski definition) is 2. The highest BCUT2D eigenvalue weighted by atomic mass is 16.3. The van der Waals surface area contributed by atoms with Crippen LogP contribution in [-0.2, 0) is 0 Å². The van der Waals surface area contributed by atoms with E-state index >= 15 is 0 Å². The molecular formula is C12H10N4O2. The Morgan fingerprint density at radius 3 is 2.78 bits per heavy atom. The molecule has 2 N–H and O–H groups in total. The number of rotatable bonds is 0. The lowest BCUT2D eigenvalue weighted by Crippen LogP contribution is -1.89. The quantitative estimate of drug-likeness (QED) is 0.616. The lowest BCUT2D eigenvalue weighted by molar-refractivity contribution is 0.480. The number of para-hydroxylation sites is 1. The number of phenolic OH excluding ortho intramolecular Hbond substituents is 1. The fourth-order valence-electron chi connectivity index (χ4n) is 1.26. The van der Waals surface area contributed by atoms with E-state index in [-0.39, 0.29) is 11.2 Å². The Morgan fingerprint density at radius 2 is 1.94 bits per heavy atom. The zero-order valence-corrected chi connectivity index (χ0v) is 9.32. The Kier molecular flexibility index (Phi) is 3.60. The highest BCUT2D eigenvalue weighted by Gasteiger charge is 1.99. The predicted molar refractivity (Wildman–Crippen MR) is 66.1 cm³/mol. The van der Waals surface area contributed by atoms with E-state index in [1.807, 2.05) is 0 Å². The van der Waals surface area contributed by atoms with Gasteiger partial charge in [0.05, 0.1) is 6.20 Å². The molecule has 1 aromatic carbocycles. The van der Waals surface area contributed by atoms with Crippen LogP contribution in [0, 0.1) is 0 Å². The Bertz CT molecular complexity index is 674. The average Bonchev–Trinajstić information content (AvgIpc) is 2.73. The van der Waals surface area contributed by atoms with Crippen molar-refractivity contribution in [2.75, 3.05) is 0 Å². The molecule has 0 radical (unpaired) electrons. The number of fused-ring (bicyclic) bond motifs is 1. The predicted octanol–water partition coefficient (Wildman–Crippen LogP) is 1.11. The molecule has 3 aromatic rings. The normalized spacial score (nSPS) is 9.56. The zero-order valence-electron chi connectivity index (χ0n) is 9.32. The first-order valence-corrected chi connectivity index (χ1v) is 5.16. The van der Waals surface area contributed by atoms with Crippen LogP contribution in [0.2, 0.25) is 0 Å². The lowest BCUT2D eigenvalue weighted by atomic mass is 10.3. The summed E-state index contributed by atoms with van der Waals surface area (Å²) >= 11 is 0. The van der Waals surface area contributed by atoms with Gasteiger partial charge in [0.25, 0.3) is 0 Å². The van der Waals surface area contributed by atoms with Gasteiger partial charge >= 0.3 is 0 Å². The summed E-state index contributed by atoms with van der Waals surface area (Å²) in [6, 6.07) is 9.91. The van der Waals surface area contributed by atoms with E-state index < -0.39 is 0 Å². The van der Waals surface area contributed by atoms with Crippen molar-refractivity contribution in [2.45, 2.75) is 0 Å². The second kappa shape index (κ2) is 5.53. The lowest BCUT2D eigenvalue weighted by Gasteiger charge is -1.87. The second-order valence-electron chi connectivity index (χ2n) is 3.35. The van der Waals surface area contributed by atoms with Crippen LogP contribution in [-0.4, -0.2) is 25.5 Å². The third kappa shape index (κ3) is 2.88. The van der Waals surface area contributed by atoms with Crippen LogP contribution < -0.4 is 5.43 Å². The van der Waals surface area contributed by atoms with Gasteiger partial charge < -0.3 is 5.11 Å². The number of nitrogens with one attached hydrogen (secondary N) is 1. The van der Waals surface area contributed by atoms with Crippen LogP contribution in [0.1, 0.15) is 0 Å². The van der Waals surface area contributed by atoms with Gasteiger partial charge in [-0.2, -0.15) is 15.4 Å². The SMILES string of the molecule is O=c1ccccnc1.Oc1cccc2n[nH]nc12. The van der Waals surface area contributed by atoms with E-state index in [1.54, 1.807) is 36.5 Å². The van der Waals surface area contributed by atoms with Gasteiger partial charge in [0.2, 0.25) is 0 Å². The van der Waals surface area contributed by atoms with Crippen molar-refractivity contribution in [3.05, 3.63) is 59.0 Å². The standard InChI is InChI=1S/C6H5N3O.C6H5NO/c10-5-3-1-2-4-6(5)8-9-7-4;8-6-3-1-2-4-7-5-6/h1-3,10H,(H,7,8,9);1-5H. The summed E-state index contributed by atoms with van der Waals surface area (Å²) in [5, 5.41) is 19.1. The van der Waals surface area contributed by atoms with Gasteiger partial charge in [-0.25, -0.2) is 0 Å². The van der Waals surface area contributed by atoms with Crippen molar-refractivity contribution in [1.82, 2.24) is 20.4 Å². The number of H-pyrrole nitrogens is 1. The minimum Gasteiger partial charge on any atom is -0.506 e. The van der Waals surface area contributed by atoms with Crippen LogP contribution in [0.15, 0.2) is 53.6 Å². The second-order valence-corrected chi connectivity index (χ2v) is 3.35. The number of aromatic hydroxyl groups is 1. The maximum absolute atomic E-state index is 10.4. The fraction of sp³-hybridized carbons (Fsp3) is 0. The molecule has 0 saturated heterocycles. The van der Waals surface area contributed by atoms with Gasteiger partial charge in [-0.1, -0.05) is 12.1 Å². The summed E-state index contributed by atoms with van der Waals surface area (Å²) < 4.78 is 0. The number of aromatic amines is 1. The highest BCUT2D eigenvalue weighted by Crippen LogP contribution is 2.18. The minimum atomic E-state index is -0.0602. The van der Waals surface area contributed by atoms with Crippen molar-refractivity contribution in [3.8, 4) is 5.75 Å². The van der Waals surface area contributed by atoms with E-state index in [0.717, 1.165) is 0 Å². The average molecular weight is 242 g/mol. The Balaban J connectivity index is 0.000000138. The molecular weight excluding hydrogens is 232 g/mol. The van der Waals surface area contributed by atoms with Crippen LogP contribution in [0.25, 0.3) is 11.0 Å². The molecule has 2 heterocycles. The van der Waals surface area contributed by atoms with Crippen molar-refractivity contribution in [2.24, 2.45) is 0 Å². The molecule has 2 aromatic heterocycles. The van der Waals surface area contributed by atoms with Crippen LogP contribution in [0.3, 0.4) is 0 Å². The number of benzene rings is 1. The van der Waals surface area contributed by atoms with Crippen molar-refractivity contribution in [1.29, 1.82) is 0 Å². The number of nitrogens with zero attached hydrogens (tertiary/aromatic N) is 3. The van der Waals surface area contributed by atoms with Crippen LogP contribution in [0.4, 0.5) is 0 Å². The molecule has 3 rings (SSSR count). The number of phenols is 1. The molecule has 90 valence electrons. The summed E-state index contributed by atoms with van der Waals surface area (Å²) in [4.78, 5) is 14.0. The van der Waals surface area contributed by atoms with E-state index in [9.17, 15) is 4.79 Å². The molecule has 0 aliphatic rings. The van der Waals surface area contributed by atoms with E-state index in [0.29, 0.717) is 11.0 Å². The van der Waals surface area contributed by atoms with Gasteiger partial charge in [0.15, 0.2) is 10.9 Å². The van der Waals surface area contributed by atoms with Gasteiger partial charge in [-0.05, 0) is 24.3 Å². The number of hydrogen-bond acceptors (Lipinski definition) is 5. The van der Waals surface area contributed by atoms with Gasteiger partial charge in [0.1, 0.15) is 11.3 Å². The first kappa shape index (κ1) is 11.7. The molecule has 0 bridgehead atoms. The maximum Gasteiger partial charge on any atom is 0.196 e. The summed E-state index contributed by atoms with van der Waals surface area (Å²) in [5.41, 5.74) is 1.14. The maximum atomic E-state index is 10.4. The summed E-state index contributed by atoms with van der Waals surface area (Å²) in [5.74, 6) is 0.159. The molecule has 0 aliphatic heterocycles. The van der Waals surface area contributed by atoms with Crippen molar-refractivity contribution < 1.29 is 5.11 Å². The van der Waals surface area contributed by atoms with Gasteiger partial charge in [-0.15, -0.1) is 0 Å². The van der Waals surface area contributed by atoms with Crippen LogP contribution >= 0.6 is 0 Å². The fourth-order valence-corrected chi connectivity index (χ4v) is 1.26. The van der Waals surface area contributed by atoms with E-state index in [4.69, 9.17) is 5.11 Å². The first-order valence-electron chi connectivity index (χ1n) is 5.16. The third-order valence-corrected chi connectivity index (χ3v) is 2.07. The zero-order chi connectivity index (χ0) is 12.8. The molecule has 0 atom stereocenters. The molecule has 0 unspecified atom stereocenters. The van der Waals surface area contributed by atoms with E-state index in [2.05, 4.69) is 20.4 Å². The highest BCUT2D eigenvalue weighted by molar-refractivity contribution is 5.79. The summed E-state index contributed by atoms with van der Waals surface area (Å²) in [7, 11) is 0. The molecule has 6 nitrogen and oxygen atoms in total. The molecule has 0 fully saturated rings. The van der Waals surface area contributed by atoms with Crippen LogP contribution in [0.5, 0.6) is 5.75 Å². The van der Waals surface area contributed by atoms with Crippen molar-refractivity contribution >= 4 is 11.0 Å². The van der Waals surface area contributed by atoms with E-state index in [1.165, 1.54) is 12.3 Å². The Hall–Kier alpha value is -2.76. The molecule has 0 amide bonds. The summed E-state index contributed by atoms with van der Waals surface area (Å²) in [6.07, 6.45) is 2.85. The summed E-state index contributed by atoms with van der Waals surface area (Å²) in [6.45, 7) is 0. The first-order chi connectivity index (χ1) is 8.77. The smallest absolute Gasteiger partial charge is 0.196 e. The third-order valence-electron chi connectivity index (χ3n) is 2.07.